The van der Waals surface area contributed by atoms with Gasteiger partial charge in [-0.25, -0.2) is 0 Å². The molecule has 0 aliphatic carbocycles. The Hall–Kier alpha value is -3.15. The fourth-order valence-corrected chi connectivity index (χ4v) is 3.24. The Bertz CT molecular complexity index is 851. The Kier molecular flexibility index (Phi) is 6.42. The maximum absolute atomic E-state index is 12.4. The van der Waals surface area contributed by atoms with Crippen LogP contribution in [0.4, 0.5) is 5.69 Å². The Morgan fingerprint density at radius 2 is 1.79 bits per heavy atom. The minimum absolute atomic E-state index is 0.0366. The number of nitrogens with one attached hydrogen (secondary N) is 3. The zero-order valence-corrected chi connectivity index (χ0v) is 15.9. The van der Waals surface area contributed by atoms with Gasteiger partial charge in [-0.2, -0.15) is 0 Å². The molecule has 2 aromatic carbocycles. The highest BCUT2D eigenvalue weighted by Crippen LogP contribution is 2.19. The summed E-state index contributed by atoms with van der Waals surface area (Å²) in [5, 5.41) is 8.43. The van der Waals surface area contributed by atoms with E-state index in [0.717, 1.165) is 12.8 Å². The van der Waals surface area contributed by atoms with E-state index in [-0.39, 0.29) is 36.6 Å². The van der Waals surface area contributed by atoms with Gasteiger partial charge in [0.2, 0.25) is 11.8 Å². The molecule has 6 nitrogen and oxygen atoms in total. The largest absolute Gasteiger partial charge is 0.354 e. The van der Waals surface area contributed by atoms with E-state index in [1.54, 1.807) is 24.3 Å². The molecular weight excluding hydrogens is 354 g/mol. The number of benzene rings is 2. The smallest absolute Gasteiger partial charge is 0.254 e. The zero-order chi connectivity index (χ0) is 19.9. The molecule has 1 heterocycles. The summed E-state index contributed by atoms with van der Waals surface area (Å²) in [5.41, 5.74) is 2.16. The van der Waals surface area contributed by atoms with Crippen LogP contribution < -0.4 is 16.0 Å². The summed E-state index contributed by atoms with van der Waals surface area (Å²) >= 11 is 0. The maximum atomic E-state index is 12.4. The van der Waals surface area contributed by atoms with Crippen molar-refractivity contribution in [2.45, 2.75) is 44.7 Å². The second-order valence-corrected chi connectivity index (χ2v) is 7.09. The van der Waals surface area contributed by atoms with E-state index in [9.17, 15) is 14.4 Å². The number of carbonyl (C=O) groups is 3. The minimum atomic E-state index is -0.731. The summed E-state index contributed by atoms with van der Waals surface area (Å²) in [5.74, 6) is -0.733. The van der Waals surface area contributed by atoms with Crippen molar-refractivity contribution in [2.24, 2.45) is 0 Å². The third kappa shape index (κ3) is 5.19. The van der Waals surface area contributed by atoms with Crippen LogP contribution in [-0.2, 0) is 16.0 Å². The molecule has 0 spiro atoms. The van der Waals surface area contributed by atoms with E-state index in [2.05, 4.69) is 28.1 Å². The van der Waals surface area contributed by atoms with E-state index in [1.165, 1.54) is 5.56 Å². The van der Waals surface area contributed by atoms with Crippen LogP contribution in [0.5, 0.6) is 0 Å². The number of aryl methyl sites for hydroxylation is 1. The molecule has 2 aromatic rings. The topological polar surface area (TPSA) is 87.3 Å². The number of para-hydroxylation sites is 1. The van der Waals surface area contributed by atoms with Crippen molar-refractivity contribution in [3.05, 3.63) is 65.7 Å². The number of anilines is 1. The lowest BCUT2D eigenvalue weighted by atomic mass is 10.1. The van der Waals surface area contributed by atoms with Crippen molar-refractivity contribution in [2.75, 3.05) is 5.32 Å². The average molecular weight is 379 g/mol. The SMILES string of the molecule is CC(CCc1ccccc1)NC(=O)CC[C@H]1NC(=O)c2ccccc2NC1=O. The second-order valence-electron chi connectivity index (χ2n) is 7.09. The van der Waals surface area contributed by atoms with Crippen LogP contribution >= 0.6 is 0 Å². The Morgan fingerprint density at radius 1 is 1.07 bits per heavy atom. The van der Waals surface area contributed by atoms with Gasteiger partial charge in [0.1, 0.15) is 6.04 Å². The van der Waals surface area contributed by atoms with Gasteiger partial charge in [-0.3, -0.25) is 14.4 Å². The summed E-state index contributed by atoms with van der Waals surface area (Å²) in [4.78, 5) is 36.9. The standard InChI is InChI=1S/C22H25N3O3/c1-15(11-12-16-7-3-2-4-8-16)23-20(26)14-13-19-22(28)24-18-10-6-5-9-17(18)21(27)25-19/h2-10,15,19H,11-14H2,1H3,(H,23,26)(H,24,28)(H,25,27)/t15?,19-/m1/s1. The zero-order valence-electron chi connectivity index (χ0n) is 15.9. The van der Waals surface area contributed by atoms with Crippen molar-refractivity contribution in [3.8, 4) is 0 Å². The monoisotopic (exact) mass is 379 g/mol. The predicted molar refractivity (Wildman–Crippen MR) is 108 cm³/mol. The van der Waals surface area contributed by atoms with Gasteiger partial charge >= 0.3 is 0 Å². The summed E-state index contributed by atoms with van der Waals surface area (Å²) < 4.78 is 0. The van der Waals surface area contributed by atoms with Gasteiger partial charge in [0.25, 0.3) is 5.91 Å². The highest BCUT2D eigenvalue weighted by molar-refractivity contribution is 6.09. The average Bonchev–Trinajstić information content (AvgIpc) is 2.82. The number of amides is 3. The number of rotatable bonds is 7. The summed E-state index contributed by atoms with van der Waals surface area (Å²) in [6, 6.07) is 16.3. The molecule has 3 N–H and O–H groups in total. The molecule has 0 aromatic heterocycles. The molecule has 1 aliphatic heterocycles. The molecule has 1 unspecified atom stereocenters. The van der Waals surface area contributed by atoms with Gasteiger partial charge in [-0.05, 0) is 43.9 Å². The molecule has 0 saturated heterocycles. The third-order valence-electron chi connectivity index (χ3n) is 4.83. The Balaban J connectivity index is 1.46. The van der Waals surface area contributed by atoms with E-state index >= 15 is 0 Å². The molecule has 1 aliphatic rings. The van der Waals surface area contributed by atoms with Crippen molar-refractivity contribution in [1.82, 2.24) is 10.6 Å². The first kappa shape index (κ1) is 19.6. The van der Waals surface area contributed by atoms with Crippen LogP contribution in [0.1, 0.15) is 42.1 Å². The first-order chi connectivity index (χ1) is 13.5. The molecule has 6 heteroatoms. The maximum Gasteiger partial charge on any atom is 0.254 e. The lowest BCUT2D eigenvalue weighted by molar-refractivity contribution is -0.122. The van der Waals surface area contributed by atoms with Gasteiger partial charge in [0.05, 0.1) is 11.3 Å². The van der Waals surface area contributed by atoms with Gasteiger partial charge in [0.15, 0.2) is 0 Å². The van der Waals surface area contributed by atoms with Gasteiger partial charge < -0.3 is 16.0 Å². The number of hydrogen-bond acceptors (Lipinski definition) is 3. The van der Waals surface area contributed by atoms with Crippen molar-refractivity contribution < 1.29 is 14.4 Å². The van der Waals surface area contributed by atoms with E-state index in [0.29, 0.717) is 11.3 Å². The highest BCUT2D eigenvalue weighted by Gasteiger charge is 2.27. The summed E-state index contributed by atoms with van der Waals surface area (Å²) in [7, 11) is 0. The Labute approximate surface area is 164 Å². The van der Waals surface area contributed by atoms with Crippen molar-refractivity contribution in [3.63, 3.8) is 0 Å². The first-order valence-electron chi connectivity index (χ1n) is 9.57. The Morgan fingerprint density at radius 3 is 2.57 bits per heavy atom. The van der Waals surface area contributed by atoms with Crippen LogP contribution in [0.15, 0.2) is 54.6 Å². The molecule has 3 rings (SSSR count). The normalized spacial score (nSPS) is 17.0. The summed E-state index contributed by atoms with van der Waals surface area (Å²) in [6.45, 7) is 1.97. The molecule has 146 valence electrons. The molecule has 0 fully saturated rings. The van der Waals surface area contributed by atoms with Crippen LogP contribution in [0.3, 0.4) is 0 Å². The highest BCUT2D eigenvalue weighted by atomic mass is 16.2. The molecule has 28 heavy (non-hydrogen) atoms. The molecule has 2 atom stereocenters. The van der Waals surface area contributed by atoms with Crippen LogP contribution in [0.2, 0.25) is 0 Å². The van der Waals surface area contributed by atoms with E-state index < -0.39 is 6.04 Å². The fourth-order valence-electron chi connectivity index (χ4n) is 3.24. The van der Waals surface area contributed by atoms with Crippen molar-refractivity contribution in [1.29, 1.82) is 0 Å². The third-order valence-corrected chi connectivity index (χ3v) is 4.83. The number of fused-ring (bicyclic) bond motifs is 1. The van der Waals surface area contributed by atoms with Crippen molar-refractivity contribution >= 4 is 23.4 Å². The predicted octanol–water partition coefficient (Wildman–Crippen LogP) is 2.65. The first-order valence-corrected chi connectivity index (χ1v) is 9.57. The van der Waals surface area contributed by atoms with Crippen LogP contribution in [0, 0.1) is 0 Å². The van der Waals surface area contributed by atoms with Gasteiger partial charge in [-0.15, -0.1) is 0 Å². The number of hydrogen-bond donors (Lipinski definition) is 3. The van der Waals surface area contributed by atoms with Crippen LogP contribution in [0.25, 0.3) is 0 Å². The minimum Gasteiger partial charge on any atom is -0.354 e. The fraction of sp³-hybridized carbons (Fsp3) is 0.318. The van der Waals surface area contributed by atoms with Crippen LogP contribution in [-0.4, -0.2) is 29.8 Å². The van der Waals surface area contributed by atoms with Gasteiger partial charge in [0, 0.05) is 12.5 Å². The summed E-state index contributed by atoms with van der Waals surface area (Å²) in [6.07, 6.45) is 2.15. The van der Waals surface area contributed by atoms with Gasteiger partial charge in [-0.1, -0.05) is 42.5 Å². The lowest BCUT2D eigenvalue weighted by Gasteiger charge is -2.17. The molecule has 3 amide bonds. The number of carbonyl (C=O) groups excluding carboxylic acids is 3. The molecule has 0 bridgehead atoms. The molecule has 0 radical (unpaired) electrons. The van der Waals surface area contributed by atoms with E-state index in [1.807, 2.05) is 25.1 Å². The second kappa shape index (κ2) is 9.17. The molecule has 0 saturated carbocycles. The lowest BCUT2D eigenvalue weighted by Crippen LogP contribution is -2.42. The van der Waals surface area contributed by atoms with E-state index in [4.69, 9.17) is 0 Å². The quantitative estimate of drug-likeness (QED) is 0.691. The molecular formula is C22H25N3O3.